The lowest BCUT2D eigenvalue weighted by Crippen LogP contribution is -2.16. The number of nitrogens with zero attached hydrogens (tertiary/aromatic N) is 3. The molecule has 0 bridgehead atoms. The molecule has 0 unspecified atom stereocenters. The average molecular weight is 424 g/mol. The Morgan fingerprint density at radius 1 is 1.19 bits per heavy atom. The van der Waals surface area contributed by atoms with E-state index in [2.05, 4.69) is 15.5 Å². The smallest absolute Gasteiger partial charge is 0.234 e. The number of rotatable bonds is 6. The second kappa shape index (κ2) is 8.51. The van der Waals surface area contributed by atoms with Crippen molar-refractivity contribution in [2.24, 2.45) is 0 Å². The van der Waals surface area contributed by atoms with Crippen molar-refractivity contribution in [3.05, 3.63) is 52.5 Å². The monoisotopic (exact) mass is 423 g/mol. The molecule has 3 N–H and O–H groups in total. The Morgan fingerprint density at radius 2 is 1.93 bits per heavy atom. The maximum absolute atomic E-state index is 12.1. The number of anilines is 1. The molecule has 0 saturated carbocycles. The van der Waals surface area contributed by atoms with Crippen molar-refractivity contribution in [3.63, 3.8) is 0 Å². The molecular weight excluding hydrogens is 409 g/mol. The molecule has 0 spiro atoms. The first-order valence-corrected chi connectivity index (χ1v) is 9.44. The zero-order chi connectivity index (χ0) is 19.4. The third-order valence-corrected chi connectivity index (χ3v) is 5.23. The van der Waals surface area contributed by atoms with E-state index in [0.29, 0.717) is 26.7 Å². The molecule has 1 amide bonds. The predicted molar refractivity (Wildman–Crippen MR) is 108 cm³/mol. The van der Waals surface area contributed by atoms with Gasteiger partial charge in [-0.15, -0.1) is 10.2 Å². The molecule has 0 aliphatic heterocycles. The fraction of sp³-hybridized carbons (Fsp3) is 0.118. The third kappa shape index (κ3) is 4.65. The highest BCUT2D eigenvalue weighted by Gasteiger charge is 2.14. The summed E-state index contributed by atoms with van der Waals surface area (Å²) in [6, 6.07) is 12.1. The number of methoxy groups -OCH3 is 1. The van der Waals surface area contributed by atoms with Crippen LogP contribution in [0.4, 0.5) is 5.69 Å². The molecule has 2 aromatic carbocycles. The maximum Gasteiger partial charge on any atom is 0.234 e. The number of nitrogens with two attached hydrogens (primary N) is 1. The van der Waals surface area contributed by atoms with Gasteiger partial charge in [-0.3, -0.25) is 4.79 Å². The van der Waals surface area contributed by atoms with Gasteiger partial charge in [-0.1, -0.05) is 35.0 Å². The van der Waals surface area contributed by atoms with Crippen LogP contribution in [0.3, 0.4) is 0 Å². The number of ether oxygens (including phenoxy) is 1. The van der Waals surface area contributed by atoms with Crippen LogP contribution in [0.2, 0.25) is 10.0 Å². The SMILES string of the molecule is COc1ccc(-c2nnc(SCC(=O)Nc3ccc(Cl)c(Cl)c3)n2N)cc1. The van der Waals surface area contributed by atoms with Gasteiger partial charge in [0.25, 0.3) is 0 Å². The van der Waals surface area contributed by atoms with Gasteiger partial charge in [0.05, 0.1) is 22.9 Å². The van der Waals surface area contributed by atoms with Crippen LogP contribution in [0.1, 0.15) is 0 Å². The van der Waals surface area contributed by atoms with Gasteiger partial charge >= 0.3 is 0 Å². The molecular formula is C17H15Cl2N5O2S. The number of carbonyl (C=O) groups excluding carboxylic acids is 1. The summed E-state index contributed by atoms with van der Waals surface area (Å²) in [6.07, 6.45) is 0. The number of thioether (sulfide) groups is 1. The van der Waals surface area contributed by atoms with Crippen molar-refractivity contribution in [1.29, 1.82) is 0 Å². The molecule has 0 atom stereocenters. The summed E-state index contributed by atoms with van der Waals surface area (Å²) in [7, 11) is 1.60. The topological polar surface area (TPSA) is 95.1 Å². The number of hydrogen-bond donors (Lipinski definition) is 2. The Balaban J connectivity index is 1.63. The minimum absolute atomic E-state index is 0.109. The standard InChI is InChI=1S/C17H15Cl2N5O2S/c1-26-12-5-2-10(3-6-12)16-22-23-17(24(16)20)27-9-15(25)21-11-4-7-13(18)14(19)8-11/h2-8H,9,20H2,1H3,(H,21,25). The molecule has 0 fully saturated rings. The predicted octanol–water partition coefficient (Wildman–Crippen LogP) is 3.71. The van der Waals surface area contributed by atoms with Gasteiger partial charge in [0.2, 0.25) is 11.1 Å². The number of aromatic nitrogens is 3. The number of amides is 1. The molecule has 1 heterocycles. The van der Waals surface area contributed by atoms with E-state index in [1.807, 2.05) is 24.3 Å². The van der Waals surface area contributed by atoms with Crippen molar-refractivity contribution in [2.75, 3.05) is 24.0 Å². The summed E-state index contributed by atoms with van der Waals surface area (Å²) in [5, 5.41) is 12.1. The van der Waals surface area contributed by atoms with E-state index in [0.717, 1.165) is 11.3 Å². The van der Waals surface area contributed by atoms with Crippen LogP contribution in [0.5, 0.6) is 5.75 Å². The summed E-state index contributed by atoms with van der Waals surface area (Å²) in [5.74, 6) is 7.16. The van der Waals surface area contributed by atoms with Gasteiger partial charge < -0.3 is 15.9 Å². The largest absolute Gasteiger partial charge is 0.497 e. The van der Waals surface area contributed by atoms with Crippen LogP contribution < -0.4 is 15.9 Å². The van der Waals surface area contributed by atoms with Crippen LogP contribution in [0.25, 0.3) is 11.4 Å². The number of hydrogen-bond acceptors (Lipinski definition) is 6. The van der Waals surface area contributed by atoms with Crippen molar-refractivity contribution in [2.45, 2.75) is 5.16 Å². The molecule has 10 heteroatoms. The lowest BCUT2D eigenvalue weighted by molar-refractivity contribution is -0.113. The summed E-state index contributed by atoms with van der Waals surface area (Å²) >= 11 is 13.0. The van der Waals surface area contributed by atoms with Gasteiger partial charge in [-0.2, -0.15) is 0 Å². The number of benzene rings is 2. The summed E-state index contributed by atoms with van der Waals surface area (Å²) in [5.41, 5.74) is 1.35. The molecule has 0 aliphatic rings. The quantitative estimate of drug-likeness (QED) is 0.463. The molecule has 140 valence electrons. The van der Waals surface area contributed by atoms with Gasteiger partial charge in [0.15, 0.2) is 5.82 Å². The van der Waals surface area contributed by atoms with Crippen LogP contribution in [-0.4, -0.2) is 33.6 Å². The Morgan fingerprint density at radius 3 is 2.59 bits per heavy atom. The fourth-order valence-electron chi connectivity index (χ4n) is 2.21. The molecule has 3 rings (SSSR count). The molecule has 27 heavy (non-hydrogen) atoms. The van der Waals surface area contributed by atoms with Crippen molar-refractivity contribution in [1.82, 2.24) is 14.9 Å². The second-order valence-corrected chi connectivity index (χ2v) is 7.13. The second-order valence-electron chi connectivity index (χ2n) is 5.37. The van der Waals surface area contributed by atoms with E-state index in [-0.39, 0.29) is 11.7 Å². The fourth-order valence-corrected chi connectivity index (χ4v) is 3.17. The van der Waals surface area contributed by atoms with Crippen LogP contribution in [0.15, 0.2) is 47.6 Å². The van der Waals surface area contributed by atoms with Crippen LogP contribution >= 0.6 is 35.0 Å². The zero-order valence-corrected chi connectivity index (χ0v) is 16.5. The first-order valence-electron chi connectivity index (χ1n) is 7.70. The zero-order valence-electron chi connectivity index (χ0n) is 14.1. The van der Waals surface area contributed by atoms with Crippen LogP contribution in [-0.2, 0) is 4.79 Å². The summed E-state index contributed by atoms with van der Waals surface area (Å²) in [4.78, 5) is 12.1. The molecule has 3 aromatic rings. The lowest BCUT2D eigenvalue weighted by Gasteiger charge is -2.07. The van der Waals surface area contributed by atoms with Crippen LogP contribution in [0, 0.1) is 0 Å². The van der Waals surface area contributed by atoms with Crippen molar-refractivity contribution < 1.29 is 9.53 Å². The number of nitrogen functional groups attached to an aromatic ring is 1. The lowest BCUT2D eigenvalue weighted by atomic mass is 10.2. The minimum Gasteiger partial charge on any atom is -0.497 e. The number of halogens is 2. The number of carbonyl (C=O) groups is 1. The van der Waals surface area contributed by atoms with E-state index >= 15 is 0 Å². The van der Waals surface area contributed by atoms with Gasteiger partial charge in [-0.25, -0.2) is 4.68 Å². The first-order chi connectivity index (χ1) is 13.0. The normalized spacial score (nSPS) is 10.6. The van der Waals surface area contributed by atoms with E-state index in [9.17, 15) is 4.79 Å². The Hall–Kier alpha value is -2.42. The molecule has 7 nitrogen and oxygen atoms in total. The highest BCUT2D eigenvalue weighted by atomic mass is 35.5. The Bertz CT molecular complexity index is 962. The summed E-state index contributed by atoms with van der Waals surface area (Å²) in [6.45, 7) is 0. The van der Waals surface area contributed by atoms with E-state index in [1.54, 1.807) is 25.3 Å². The third-order valence-electron chi connectivity index (χ3n) is 3.55. The van der Waals surface area contributed by atoms with E-state index < -0.39 is 0 Å². The highest BCUT2D eigenvalue weighted by Crippen LogP contribution is 2.26. The van der Waals surface area contributed by atoms with Gasteiger partial charge in [0.1, 0.15) is 5.75 Å². The minimum atomic E-state index is -0.229. The summed E-state index contributed by atoms with van der Waals surface area (Å²) < 4.78 is 6.48. The highest BCUT2D eigenvalue weighted by molar-refractivity contribution is 7.99. The maximum atomic E-state index is 12.1. The Labute approximate surface area is 169 Å². The molecule has 0 aliphatic carbocycles. The van der Waals surface area contributed by atoms with E-state index in [1.165, 1.54) is 16.4 Å². The average Bonchev–Trinajstić information content (AvgIpc) is 3.03. The molecule has 1 aromatic heterocycles. The number of nitrogens with one attached hydrogen (secondary N) is 1. The van der Waals surface area contributed by atoms with Gasteiger partial charge in [-0.05, 0) is 42.5 Å². The van der Waals surface area contributed by atoms with Crippen molar-refractivity contribution in [3.8, 4) is 17.1 Å². The van der Waals surface area contributed by atoms with Crippen molar-refractivity contribution >= 4 is 46.6 Å². The molecule has 0 saturated heterocycles. The van der Waals surface area contributed by atoms with E-state index in [4.69, 9.17) is 33.8 Å². The first kappa shape index (κ1) is 19.3. The van der Waals surface area contributed by atoms with Gasteiger partial charge in [0, 0.05) is 11.3 Å². The Kier molecular flexibility index (Phi) is 6.10. The molecule has 0 radical (unpaired) electrons.